The van der Waals surface area contributed by atoms with E-state index in [1.54, 1.807) is 25.1 Å². The summed E-state index contributed by atoms with van der Waals surface area (Å²) in [6, 6.07) is 5.22. The number of H-pyrrole nitrogens is 1. The maximum atomic E-state index is 12.7. The van der Waals surface area contributed by atoms with Crippen LogP contribution in [0.4, 0.5) is 5.69 Å². The van der Waals surface area contributed by atoms with Gasteiger partial charge < -0.3 is 10.6 Å². The predicted octanol–water partition coefficient (Wildman–Crippen LogP) is 2.96. The first kappa shape index (κ1) is 19.0. The Balaban J connectivity index is 1.88. The average molecular weight is 388 g/mol. The molecule has 3 rings (SSSR count). The fourth-order valence-corrected chi connectivity index (χ4v) is 3.26. The number of benzene rings is 1. The van der Waals surface area contributed by atoms with Crippen LogP contribution in [0.2, 0.25) is 5.02 Å². The topological polar surface area (TPSA) is 91.3 Å². The van der Waals surface area contributed by atoms with Crippen molar-refractivity contribution in [2.24, 2.45) is 0 Å². The number of rotatable bonds is 5. The summed E-state index contributed by atoms with van der Waals surface area (Å²) >= 11 is 6.15. The summed E-state index contributed by atoms with van der Waals surface area (Å²) in [4.78, 5) is 29.8. The highest BCUT2D eigenvalue weighted by molar-refractivity contribution is 6.31. The Labute approximate surface area is 161 Å². The molecule has 1 aromatic carbocycles. The van der Waals surface area contributed by atoms with Crippen LogP contribution < -0.4 is 16.2 Å². The van der Waals surface area contributed by atoms with Crippen molar-refractivity contribution in [3.63, 3.8) is 0 Å². The van der Waals surface area contributed by atoms with Gasteiger partial charge in [-0.15, -0.1) is 0 Å². The molecule has 3 N–H and O–H groups in total. The minimum absolute atomic E-state index is 0.0833. The van der Waals surface area contributed by atoms with Crippen molar-refractivity contribution < 1.29 is 4.79 Å². The molecule has 0 radical (unpaired) electrons. The number of aromatic amines is 1. The molecule has 0 aliphatic heterocycles. The second-order valence-corrected chi connectivity index (χ2v) is 6.89. The molecule has 0 atom stereocenters. The van der Waals surface area contributed by atoms with E-state index in [2.05, 4.69) is 20.7 Å². The third-order valence-electron chi connectivity index (χ3n) is 4.45. The molecule has 0 aliphatic rings. The zero-order chi connectivity index (χ0) is 19.7. The fraction of sp³-hybridized carbons (Fsp3) is 0.316. The van der Waals surface area contributed by atoms with E-state index in [0.717, 1.165) is 23.5 Å². The van der Waals surface area contributed by atoms with E-state index >= 15 is 0 Å². The molecule has 0 saturated heterocycles. The van der Waals surface area contributed by atoms with Crippen molar-refractivity contribution in [2.75, 3.05) is 11.9 Å². The molecule has 0 saturated carbocycles. The zero-order valence-electron chi connectivity index (χ0n) is 15.7. The van der Waals surface area contributed by atoms with Gasteiger partial charge in [0.25, 0.3) is 11.5 Å². The van der Waals surface area contributed by atoms with E-state index < -0.39 is 0 Å². The molecule has 142 valence electrons. The lowest BCUT2D eigenvalue weighted by atomic mass is 10.1. The molecule has 0 spiro atoms. The molecular weight excluding hydrogens is 366 g/mol. The molecule has 0 bridgehead atoms. The van der Waals surface area contributed by atoms with Crippen LogP contribution in [0.1, 0.15) is 39.8 Å². The van der Waals surface area contributed by atoms with Crippen molar-refractivity contribution >= 4 is 28.8 Å². The maximum absolute atomic E-state index is 12.7. The number of halogens is 1. The Morgan fingerprint density at radius 3 is 2.70 bits per heavy atom. The molecule has 3 aromatic rings. The Morgan fingerprint density at radius 2 is 2.00 bits per heavy atom. The number of aromatic nitrogens is 3. The minimum Gasteiger partial charge on any atom is -0.385 e. The van der Waals surface area contributed by atoms with Gasteiger partial charge >= 0.3 is 0 Å². The van der Waals surface area contributed by atoms with Gasteiger partial charge in [-0.25, -0.2) is 9.50 Å². The summed E-state index contributed by atoms with van der Waals surface area (Å²) < 4.78 is 1.39. The molecule has 0 unspecified atom stereocenters. The standard InChI is InChI=1S/C19H22ClN5O2/c1-5-21-16-8-13(20)7-14(11(16)3)18(26)22-9-15-12(4)23-17-6-10(2)24-25(17)19(15)27/h6-8,21,24H,5,9H2,1-4H3,(H,22,26). The van der Waals surface area contributed by atoms with Gasteiger partial charge in [0.2, 0.25) is 0 Å². The predicted molar refractivity (Wildman–Crippen MR) is 107 cm³/mol. The fourth-order valence-electron chi connectivity index (χ4n) is 3.05. The quantitative estimate of drug-likeness (QED) is 0.627. The number of nitrogens with zero attached hydrogens (tertiary/aromatic N) is 2. The highest BCUT2D eigenvalue weighted by Crippen LogP contribution is 2.25. The van der Waals surface area contributed by atoms with Gasteiger partial charge in [-0.2, -0.15) is 0 Å². The number of fused-ring (bicyclic) bond motifs is 1. The van der Waals surface area contributed by atoms with E-state index in [-0.39, 0.29) is 18.0 Å². The highest BCUT2D eigenvalue weighted by Gasteiger charge is 2.16. The van der Waals surface area contributed by atoms with Gasteiger partial charge in [-0.05, 0) is 45.4 Å². The Morgan fingerprint density at radius 1 is 1.26 bits per heavy atom. The van der Waals surface area contributed by atoms with Crippen LogP contribution in [-0.2, 0) is 6.54 Å². The Kier molecular flexibility index (Phi) is 5.23. The number of carbonyl (C=O) groups is 1. The lowest BCUT2D eigenvalue weighted by Crippen LogP contribution is -2.30. The first-order valence-electron chi connectivity index (χ1n) is 8.72. The first-order chi connectivity index (χ1) is 12.8. The van der Waals surface area contributed by atoms with E-state index in [1.165, 1.54) is 4.52 Å². The van der Waals surface area contributed by atoms with Crippen molar-refractivity contribution in [2.45, 2.75) is 34.2 Å². The van der Waals surface area contributed by atoms with Gasteiger partial charge in [-0.1, -0.05) is 11.6 Å². The number of aryl methyl sites for hydroxylation is 2. The minimum atomic E-state index is -0.291. The van der Waals surface area contributed by atoms with Gasteiger partial charge in [0.15, 0.2) is 5.65 Å². The maximum Gasteiger partial charge on any atom is 0.277 e. The monoisotopic (exact) mass is 387 g/mol. The van der Waals surface area contributed by atoms with Crippen LogP contribution >= 0.6 is 11.6 Å². The van der Waals surface area contributed by atoms with Gasteiger partial charge in [0.1, 0.15) is 0 Å². The number of carbonyl (C=O) groups excluding carboxylic acids is 1. The van der Waals surface area contributed by atoms with Gasteiger partial charge in [0, 0.05) is 34.6 Å². The molecule has 0 fully saturated rings. The molecule has 0 aliphatic carbocycles. The summed E-state index contributed by atoms with van der Waals surface area (Å²) in [6.45, 7) is 8.26. The van der Waals surface area contributed by atoms with Crippen LogP contribution in [0.5, 0.6) is 0 Å². The van der Waals surface area contributed by atoms with Gasteiger partial charge in [0.05, 0.1) is 17.8 Å². The van der Waals surface area contributed by atoms with E-state index in [9.17, 15) is 9.59 Å². The van der Waals surface area contributed by atoms with Crippen molar-refractivity contribution in [1.29, 1.82) is 0 Å². The third kappa shape index (κ3) is 3.68. The molecule has 8 heteroatoms. The normalized spacial score (nSPS) is 11.0. The molecule has 1 amide bonds. The average Bonchev–Trinajstić information content (AvgIpc) is 2.98. The highest BCUT2D eigenvalue weighted by atomic mass is 35.5. The van der Waals surface area contributed by atoms with Crippen LogP contribution in [0.15, 0.2) is 23.0 Å². The van der Waals surface area contributed by atoms with E-state index in [1.807, 2.05) is 20.8 Å². The van der Waals surface area contributed by atoms with Crippen LogP contribution in [0, 0.1) is 20.8 Å². The molecule has 7 nitrogen and oxygen atoms in total. The largest absolute Gasteiger partial charge is 0.385 e. The lowest BCUT2D eigenvalue weighted by molar-refractivity contribution is 0.0950. The summed E-state index contributed by atoms with van der Waals surface area (Å²) in [5.74, 6) is -0.291. The summed E-state index contributed by atoms with van der Waals surface area (Å²) in [5.41, 5.74) is 4.31. The van der Waals surface area contributed by atoms with Crippen molar-refractivity contribution in [1.82, 2.24) is 19.9 Å². The Bertz CT molecular complexity index is 1080. The molecule has 2 heterocycles. The van der Waals surface area contributed by atoms with Crippen molar-refractivity contribution in [3.05, 3.63) is 61.7 Å². The van der Waals surface area contributed by atoms with E-state index in [4.69, 9.17) is 11.6 Å². The van der Waals surface area contributed by atoms with Crippen molar-refractivity contribution in [3.8, 4) is 0 Å². The summed E-state index contributed by atoms with van der Waals surface area (Å²) in [5, 5.41) is 9.44. The smallest absolute Gasteiger partial charge is 0.277 e. The van der Waals surface area contributed by atoms with Crippen LogP contribution in [0.3, 0.4) is 0 Å². The molecular formula is C19H22ClN5O2. The van der Waals surface area contributed by atoms with Crippen LogP contribution in [0.25, 0.3) is 5.65 Å². The SMILES string of the molecule is CCNc1cc(Cl)cc(C(=O)NCc2c(C)nc3cc(C)[nH]n3c2=O)c1C. The third-order valence-corrected chi connectivity index (χ3v) is 4.67. The Hall–Kier alpha value is -2.80. The number of hydrogen-bond acceptors (Lipinski definition) is 4. The number of anilines is 1. The molecule has 2 aromatic heterocycles. The number of nitrogens with one attached hydrogen (secondary N) is 3. The second-order valence-electron chi connectivity index (χ2n) is 6.45. The number of hydrogen-bond donors (Lipinski definition) is 3. The summed E-state index contributed by atoms with van der Waals surface area (Å²) in [7, 11) is 0. The second kappa shape index (κ2) is 7.44. The first-order valence-corrected chi connectivity index (χ1v) is 9.09. The zero-order valence-corrected chi connectivity index (χ0v) is 16.5. The number of amides is 1. The van der Waals surface area contributed by atoms with Crippen LogP contribution in [-0.4, -0.2) is 27.0 Å². The van der Waals surface area contributed by atoms with E-state index in [0.29, 0.717) is 27.5 Å². The van der Waals surface area contributed by atoms with Gasteiger partial charge in [-0.3, -0.25) is 14.7 Å². The summed E-state index contributed by atoms with van der Waals surface area (Å²) in [6.07, 6.45) is 0. The molecule has 27 heavy (non-hydrogen) atoms. The lowest BCUT2D eigenvalue weighted by Gasteiger charge is -2.14.